The molecule has 0 fully saturated rings. The summed E-state index contributed by atoms with van der Waals surface area (Å²) >= 11 is 3.14. The molecule has 0 bridgehead atoms. The van der Waals surface area contributed by atoms with Gasteiger partial charge in [0.2, 0.25) is 0 Å². The van der Waals surface area contributed by atoms with Crippen LogP contribution >= 0.6 is 15.9 Å². The first-order valence-corrected chi connectivity index (χ1v) is 5.59. The standard InChI is InChI=1S/C10H10BrN3O2/c1-2-6-5-12-14-9(6)13-10(15)7-3-4-8(11)16-7/h3-5H,2H2,1H3,(H2,12,13,14,15). The second-order valence-electron chi connectivity index (χ2n) is 3.18. The average Bonchev–Trinajstić information content (AvgIpc) is 2.86. The Bertz CT molecular complexity index is 504. The van der Waals surface area contributed by atoms with Gasteiger partial charge in [-0.3, -0.25) is 9.89 Å². The number of hydrogen-bond donors (Lipinski definition) is 2. The zero-order valence-electron chi connectivity index (χ0n) is 8.58. The van der Waals surface area contributed by atoms with Gasteiger partial charge in [0, 0.05) is 5.56 Å². The number of anilines is 1. The molecule has 2 heterocycles. The Labute approximate surface area is 100 Å². The summed E-state index contributed by atoms with van der Waals surface area (Å²) in [6, 6.07) is 3.27. The zero-order chi connectivity index (χ0) is 11.5. The van der Waals surface area contributed by atoms with Crippen molar-refractivity contribution in [2.45, 2.75) is 13.3 Å². The van der Waals surface area contributed by atoms with Gasteiger partial charge in [-0.2, -0.15) is 5.10 Å². The van der Waals surface area contributed by atoms with Crippen molar-refractivity contribution in [3.63, 3.8) is 0 Å². The van der Waals surface area contributed by atoms with Crippen LogP contribution in [0.2, 0.25) is 0 Å². The van der Waals surface area contributed by atoms with Crippen LogP contribution in [-0.4, -0.2) is 16.1 Å². The van der Waals surface area contributed by atoms with E-state index in [2.05, 4.69) is 31.4 Å². The molecule has 1 amide bonds. The predicted molar refractivity (Wildman–Crippen MR) is 62.3 cm³/mol. The van der Waals surface area contributed by atoms with Crippen LogP contribution in [0.15, 0.2) is 27.4 Å². The number of aromatic amines is 1. The highest BCUT2D eigenvalue weighted by atomic mass is 79.9. The molecule has 0 saturated heterocycles. The summed E-state index contributed by atoms with van der Waals surface area (Å²) in [6.07, 6.45) is 2.49. The molecule has 16 heavy (non-hydrogen) atoms. The molecular weight excluding hydrogens is 274 g/mol. The molecule has 2 aromatic rings. The van der Waals surface area contributed by atoms with Crippen molar-refractivity contribution in [1.82, 2.24) is 10.2 Å². The molecule has 0 aliphatic rings. The Morgan fingerprint density at radius 2 is 2.44 bits per heavy atom. The van der Waals surface area contributed by atoms with Crippen molar-refractivity contribution in [3.05, 3.63) is 34.3 Å². The number of carbonyl (C=O) groups excluding carboxylic acids is 1. The van der Waals surface area contributed by atoms with Crippen LogP contribution in [0.1, 0.15) is 23.0 Å². The molecule has 0 atom stereocenters. The zero-order valence-corrected chi connectivity index (χ0v) is 10.2. The molecule has 0 radical (unpaired) electrons. The van der Waals surface area contributed by atoms with E-state index < -0.39 is 0 Å². The van der Waals surface area contributed by atoms with Crippen LogP contribution in [0.25, 0.3) is 0 Å². The van der Waals surface area contributed by atoms with E-state index in [1.165, 1.54) is 0 Å². The molecular formula is C10H10BrN3O2. The average molecular weight is 284 g/mol. The molecule has 0 saturated carbocycles. The molecule has 5 nitrogen and oxygen atoms in total. The van der Waals surface area contributed by atoms with Gasteiger partial charge in [0.05, 0.1) is 6.20 Å². The number of hydrogen-bond acceptors (Lipinski definition) is 3. The first-order valence-electron chi connectivity index (χ1n) is 4.79. The molecule has 0 unspecified atom stereocenters. The number of aromatic nitrogens is 2. The smallest absolute Gasteiger partial charge is 0.292 e. The van der Waals surface area contributed by atoms with Gasteiger partial charge in [0.15, 0.2) is 10.4 Å². The molecule has 0 aliphatic heterocycles. The second-order valence-corrected chi connectivity index (χ2v) is 3.96. The third-order valence-electron chi connectivity index (χ3n) is 2.13. The van der Waals surface area contributed by atoms with E-state index in [9.17, 15) is 4.79 Å². The third kappa shape index (κ3) is 2.16. The van der Waals surface area contributed by atoms with Crippen molar-refractivity contribution < 1.29 is 9.21 Å². The van der Waals surface area contributed by atoms with Crippen molar-refractivity contribution in [2.75, 3.05) is 5.32 Å². The van der Waals surface area contributed by atoms with Gasteiger partial charge in [-0.25, -0.2) is 0 Å². The summed E-state index contributed by atoms with van der Waals surface area (Å²) in [5, 5.41) is 9.29. The number of nitrogens with one attached hydrogen (secondary N) is 2. The van der Waals surface area contributed by atoms with Crippen molar-refractivity contribution in [1.29, 1.82) is 0 Å². The van der Waals surface area contributed by atoms with Crippen LogP contribution in [-0.2, 0) is 6.42 Å². The topological polar surface area (TPSA) is 70.9 Å². The first-order chi connectivity index (χ1) is 7.70. The van der Waals surface area contributed by atoms with E-state index in [0.29, 0.717) is 10.5 Å². The summed E-state index contributed by atoms with van der Waals surface area (Å²) in [5.41, 5.74) is 0.957. The van der Waals surface area contributed by atoms with E-state index >= 15 is 0 Å². The molecule has 6 heteroatoms. The molecule has 2 rings (SSSR count). The summed E-state index contributed by atoms with van der Waals surface area (Å²) in [6.45, 7) is 1.99. The van der Waals surface area contributed by atoms with Crippen LogP contribution in [0.5, 0.6) is 0 Å². The second kappa shape index (κ2) is 4.52. The normalized spacial score (nSPS) is 10.4. The lowest BCUT2D eigenvalue weighted by atomic mass is 10.2. The lowest BCUT2D eigenvalue weighted by Gasteiger charge is -2.01. The molecule has 0 aliphatic carbocycles. The van der Waals surface area contributed by atoms with Crippen LogP contribution < -0.4 is 5.32 Å². The lowest BCUT2D eigenvalue weighted by Crippen LogP contribution is -2.12. The quantitative estimate of drug-likeness (QED) is 0.910. The fourth-order valence-corrected chi connectivity index (χ4v) is 1.61. The van der Waals surface area contributed by atoms with Gasteiger partial charge in [0.1, 0.15) is 5.82 Å². The highest BCUT2D eigenvalue weighted by Gasteiger charge is 2.13. The number of rotatable bonds is 3. The van der Waals surface area contributed by atoms with Crippen molar-refractivity contribution in [2.24, 2.45) is 0 Å². The summed E-state index contributed by atoms with van der Waals surface area (Å²) in [5.74, 6) is 0.563. The highest BCUT2D eigenvalue weighted by Crippen LogP contribution is 2.17. The van der Waals surface area contributed by atoms with Gasteiger partial charge in [0.25, 0.3) is 5.91 Å². The van der Waals surface area contributed by atoms with Crippen LogP contribution in [0, 0.1) is 0 Å². The van der Waals surface area contributed by atoms with Crippen LogP contribution in [0.3, 0.4) is 0 Å². The minimum Gasteiger partial charge on any atom is -0.444 e. The maximum atomic E-state index is 11.7. The number of nitrogens with zero attached hydrogens (tertiary/aromatic N) is 1. The molecule has 2 aromatic heterocycles. The maximum absolute atomic E-state index is 11.7. The molecule has 2 N–H and O–H groups in total. The number of halogens is 1. The van der Waals surface area contributed by atoms with E-state index in [1.54, 1.807) is 18.3 Å². The monoisotopic (exact) mass is 283 g/mol. The number of carbonyl (C=O) groups is 1. The Morgan fingerprint density at radius 3 is 3.06 bits per heavy atom. The fraction of sp³-hybridized carbons (Fsp3) is 0.200. The van der Waals surface area contributed by atoms with E-state index in [-0.39, 0.29) is 11.7 Å². The van der Waals surface area contributed by atoms with Gasteiger partial charge >= 0.3 is 0 Å². The summed E-state index contributed by atoms with van der Waals surface area (Å²) in [7, 11) is 0. The summed E-state index contributed by atoms with van der Waals surface area (Å²) in [4.78, 5) is 11.7. The highest BCUT2D eigenvalue weighted by molar-refractivity contribution is 9.10. The molecule has 84 valence electrons. The molecule has 0 aromatic carbocycles. The Balaban J connectivity index is 2.13. The maximum Gasteiger partial charge on any atom is 0.292 e. The van der Waals surface area contributed by atoms with Gasteiger partial charge < -0.3 is 9.73 Å². The number of amides is 1. The van der Waals surface area contributed by atoms with Gasteiger partial charge in [-0.05, 0) is 34.5 Å². The largest absolute Gasteiger partial charge is 0.444 e. The van der Waals surface area contributed by atoms with E-state index in [4.69, 9.17) is 4.42 Å². The number of aryl methyl sites for hydroxylation is 1. The van der Waals surface area contributed by atoms with Crippen molar-refractivity contribution >= 4 is 27.7 Å². The van der Waals surface area contributed by atoms with Crippen molar-refractivity contribution in [3.8, 4) is 0 Å². The summed E-state index contributed by atoms with van der Waals surface area (Å²) < 4.78 is 5.66. The Kier molecular flexibility index (Phi) is 3.09. The van der Waals surface area contributed by atoms with Gasteiger partial charge in [-0.15, -0.1) is 0 Å². The lowest BCUT2D eigenvalue weighted by molar-refractivity contribution is 0.0995. The van der Waals surface area contributed by atoms with E-state index in [1.807, 2.05) is 6.92 Å². The fourth-order valence-electron chi connectivity index (χ4n) is 1.30. The van der Waals surface area contributed by atoms with E-state index in [0.717, 1.165) is 12.0 Å². The first kappa shape index (κ1) is 10.9. The Morgan fingerprint density at radius 1 is 1.62 bits per heavy atom. The van der Waals surface area contributed by atoms with Crippen LogP contribution in [0.4, 0.5) is 5.82 Å². The minimum absolute atomic E-state index is 0.253. The number of H-pyrrole nitrogens is 1. The number of furan rings is 1. The van der Waals surface area contributed by atoms with Gasteiger partial charge in [-0.1, -0.05) is 6.92 Å². The SMILES string of the molecule is CCc1cn[nH]c1NC(=O)c1ccc(Br)o1. The predicted octanol–water partition coefficient (Wildman–Crippen LogP) is 2.58. The molecule has 0 spiro atoms. The third-order valence-corrected chi connectivity index (χ3v) is 2.56. The Hall–Kier alpha value is -1.56. The minimum atomic E-state index is -0.301.